The van der Waals surface area contributed by atoms with Crippen molar-refractivity contribution in [2.45, 2.75) is 0 Å². The van der Waals surface area contributed by atoms with Crippen LogP contribution in [0, 0.1) is 17.2 Å². The highest BCUT2D eigenvalue weighted by Crippen LogP contribution is 2.20. The summed E-state index contributed by atoms with van der Waals surface area (Å²) < 4.78 is 32.8. The van der Waals surface area contributed by atoms with Crippen molar-refractivity contribution in [3.8, 4) is 0 Å². The Bertz CT molecular complexity index is 1270. The lowest BCUT2D eigenvalue weighted by Gasteiger charge is -2.26. The molecule has 1 amide bonds. The lowest BCUT2D eigenvalue weighted by Crippen LogP contribution is -2.71. The molecule has 32 heavy (non-hydrogen) atoms. The number of H-pyrrole nitrogens is 1. The van der Waals surface area contributed by atoms with E-state index in [0.29, 0.717) is 31.9 Å². The maximum atomic E-state index is 14.1. The van der Waals surface area contributed by atoms with Gasteiger partial charge in [-0.25, -0.2) is 14.3 Å². The minimum atomic E-state index is -0.827. The van der Waals surface area contributed by atoms with Crippen LogP contribution in [-0.2, 0) is 4.74 Å². The first kappa shape index (κ1) is 21.5. The smallest absolute Gasteiger partial charge is 0.258 e. The van der Waals surface area contributed by atoms with Gasteiger partial charge in [0.15, 0.2) is 5.70 Å². The van der Waals surface area contributed by atoms with Crippen molar-refractivity contribution in [2.24, 2.45) is 5.11 Å². The third-order valence-corrected chi connectivity index (χ3v) is 5.16. The molecule has 1 fully saturated rings. The maximum Gasteiger partial charge on any atom is 0.258 e. The number of fused-ring (bicyclic) bond motifs is 1. The average Bonchev–Trinajstić information content (AvgIpc) is 2.80. The summed E-state index contributed by atoms with van der Waals surface area (Å²) in [4.78, 5) is 29.1. The molecule has 4 N–H and O–H groups in total. The molecule has 0 unspecified atom stereocenters. The van der Waals surface area contributed by atoms with Gasteiger partial charge in [0.2, 0.25) is 0 Å². The molecule has 0 saturated carbocycles. The van der Waals surface area contributed by atoms with Crippen LogP contribution in [0.15, 0.2) is 58.6 Å². The molecule has 10 heteroatoms. The van der Waals surface area contributed by atoms with Crippen LogP contribution in [0.1, 0.15) is 15.9 Å². The summed E-state index contributed by atoms with van der Waals surface area (Å²) in [6, 6.07) is 9.85. The molecule has 3 aromatic rings. The number of pyridine rings is 1. The second-order valence-corrected chi connectivity index (χ2v) is 7.22. The first-order chi connectivity index (χ1) is 15.5. The zero-order valence-electron chi connectivity index (χ0n) is 16.9. The number of quaternary nitrogens is 1. The number of amides is 1. The van der Waals surface area contributed by atoms with Crippen molar-refractivity contribution in [1.82, 2.24) is 9.88 Å². The Kier molecular flexibility index (Phi) is 6.15. The highest BCUT2D eigenvalue weighted by molar-refractivity contribution is 5.94. The second-order valence-electron chi connectivity index (χ2n) is 7.22. The minimum absolute atomic E-state index is 0.00495. The number of hydrogen-bond donors (Lipinski definition) is 3. The molecule has 1 aliphatic rings. The predicted molar refractivity (Wildman–Crippen MR) is 112 cm³/mol. The van der Waals surface area contributed by atoms with Gasteiger partial charge in [-0.3, -0.25) is 14.9 Å². The number of carbonyl (C=O) groups excluding carboxylic acids is 1. The summed E-state index contributed by atoms with van der Waals surface area (Å²) in [6.07, 6.45) is 1.45. The number of carbonyl (C=O) groups is 1. The molecule has 2 heterocycles. The summed E-state index contributed by atoms with van der Waals surface area (Å²) in [5.74, 6) is -1.70. The van der Waals surface area contributed by atoms with Crippen LogP contribution in [0.25, 0.3) is 16.6 Å². The Hall–Kier alpha value is -3.76. The number of nitrogens with one attached hydrogen (secondary N) is 2. The molecule has 1 aliphatic heterocycles. The topological polar surface area (TPSA) is 115 Å². The van der Waals surface area contributed by atoms with Crippen LogP contribution in [0.3, 0.4) is 0 Å². The van der Waals surface area contributed by atoms with Crippen molar-refractivity contribution in [3.05, 3.63) is 81.8 Å². The zero-order chi connectivity index (χ0) is 22.7. The lowest BCUT2D eigenvalue weighted by atomic mass is 10.1. The van der Waals surface area contributed by atoms with Crippen molar-refractivity contribution in [2.75, 3.05) is 26.3 Å². The molecule has 0 bridgehead atoms. The molecule has 8 nitrogen and oxygen atoms in total. The molecule has 0 aliphatic carbocycles. The first-order valence-electron chi connectivity index (χ1n) is 9.88. The SMILES string of the molecule is N=NC(=C[NH2+]c1ccc(C(=O)N2CCOCC2)cc1)c1cc2c(F)cc(F)cc2[nH]c1=O. The summed E-state index contributed by atoms with van der Waals surface area (Å²) in [7, 11) is 0. The van der Waals surface area contributed by atoms with Crippen LogP contribution >= 0.6 is 0 Å². The quantitative estimate of drug-likeness (QED) is 0.418. The van der Waals surface area contributed by atoms with Crippen LogP contribution in [0.2, 0.25) is 0 Å². The number of ether oxygens (including phenoxy) is 1. The molecular formula is C22H20F2N5O3+. The fourth-order valence-electron chi connectivity index (χ4n) is 3.47. The van der Waals surface area contributed by atoms with Crippen molar-refractivity contribution in [1.29, 1.82) is 5.53 Å². The second kappa shape index (κ2) is 9.16. The number of nitrogens with zero attached hydrogens (tertiary/aromatic N) is 2. The van der Waals surface area contributed by atoms with Gasteiger partial charge in [0, 0.05) is 42.2 Å². The molecule has 0 atom stereocenters. The predicted octanol–water partition coefficient (Wildman–Crippen LogP) is 2.50. The lowest BCUT2D eigenvalue weighted by molar-refractivity contribution is -0.495. The van der Waals surface area contributed by atoms with E-state index in [1.807, 2.05) is 0 Å². The van der Waals surface area contributed by atoms with Gasteiger partial charge >= 0.3 is 0 Å². The number of benzene rings is 2. The van der Waals surface area contributed by atoms with Gasteiger partial charge in [-0.1, -0.05) is 0 Å². The number of morpholine rings is 1. The molecule has 0 radical (unpaired) electrons. The van der Waals surface area contributed by atoms with Gasteiger partial charge in [-0.2, -0.15) is 5.11 Å². The Morgan fingerprint density at radius 3 is 2.56 bits per heavy atom. The molecule has 1 saturated heterocycles. The van der Waals surface area contributed by atoms with Crippen molar-refractivity contribution >= 4 is 28.2 Å². The summed E-state index contributed by atoms with van der Waals surface area (Å²) in [5.41, 5.74) is 8.08. The molecule has 0 spiro atoms. The van der Waals surface area contributed by atoms with E-state index < -0.39 is 17.2 Å². The van der Waals surface area contributed by atoms with E-state index in [1.54, 1.807) is 34.5 Å². The Morgan fingerprint density at radius 2 is 1.88 bits per heavy atom. The fourth-order valence-corrected chi connectivity index (χ4v) is 3.47. The number of hydrogen-bond acceptors (Lipinski definition) is 5. The van der Waals surface area contributed by atoms with Gasteiger partial charge in [0.25, 0.3) is 11.5 Å². The van der Waals surface area contributed by atoms with E-state index >= 15 is 0 Å². The Balaban J connectivity index is 1.55. The Morgan fingerprint density at radius 1 is 1.16 bits per heavy atom. The van der Waals surface area contributed by atoms with E-state index in [-0.39, 0.29) is 28.1 Å². The highest BCUT2D eigenvalue weighted by Gasteiger charge is 2.18. The summed E-state index contributed by atoms with van der Waals surface area (Å²) in [6.45, 7) is 2.15. The maximum absolute atomic E-state index is 14.1. The zero-order valence-corrected chi connectivity index (χ0v) is 16.9. The first-order valence-corrected chi connectivity index (χ1v) is 9.88. The normalized spacial score (nSPS) is 14.6. The average molecular weight is 440 g/mol. The van der Waals surface area contributed by atoms with Gasteiger partial charge in [0.1, 0.15) is 23.5 Å². The van der Waals surface area contributed by atoms with Crippen molar-refractivity contribution < 1.29 is 23.6 Å². The molecule has 1 aromatic heterocycles. The fraction of sp³-hybridized carbons (Fsp3) is 0.182. The van der Waals surface area contributed by atoms with E-state index in [1.165, 1.54) is 12.3 Å². The van der Waals surface area contributed by atoms with Crippen LogP contribution < -0.4 is 10.9 Å². The van der Waals surface area contributed by atoms with Gasteiger partial charge in [0.05, 0.1) is 24.3 Å². The van der Waals surface area contributed by atoms with Crippen molar-refractivity contribution in [3.63, 3.8) is 0 Å². The number of nitrogens with two attached hydrogens (primary N) is 1. The summed E-state index contributed by atoms with van der Waals surface area (Å²) in [5, 5.41) is 5.03. The summed E-state index contributed by atoms with van der Waals surface area (Å²) >= 11 is 0. The van der Waals surface area contributed by atoms with Gasteiger partial charge in [-0.05, 0) is 24.3 Å². The number of aromatic amines is 1. The standard InChI is InChI=1S/C22H19F2N5O3/c23-14-9-18(24)16-11-17(21(30)27-19(16)10-14)20(28-25)12-26-15-3-1-13(2-4-15)22(31)29-5-7-32-8-6-29/h1-4,9-12,25-26H,5-8H2,(H,27,30)/p+1. The van der Waals surface area contributed by atoms with Crippen LogP contribution in [0.5, 0.6) is 0 Å². The molecule has 2 aromatic carbocycles. The molecule has 164 valence electrons. The molecule has 4 rings (SSSR count). The number of rotatable bonds is 5. The number of aromatic nitrogens is 1. The van der Waals surface area contributed by atoms with Gasteiger partial charge < -0.3 is 14.6 Å². The number of halogens is 2. The highest BCUT2D eigenvalue weighted by atomic mass is 19.1. The van der Waals surface area contributed by atoms with E-state index in [9.17, 15) is 18.4 Å². The van der Waals surface area contributed by atoms with Gasteiger partial charge in [-0.15, -0.1) is 0 Å². The van der Waals surface area contributed by atoms with E-state index in [0.717, 1.165) is 17.8 Å². The largest absolute Gasteiger partial charge is 0.378 e. The van der Waals surface area contributed by atoms with Crippen LogP contribution in [0.4, 0.5) is 14.5 Å². The monoisotopic (exact) mass is 440 g/mol. The minimum Gasteiger partial charge on any atom is -0.378 e. The Labute approximate surface area is 181 Å². The third-order valence-electron chi connectivity index (χ3n) is 5.16. The third kappa shape index (κ3) is 4.46. The van der Waals surface area contributed by atoms with E-state index in [4.69, 9.17) is 10.3 Å². The van der Waals surface area contributed by atoms with E-state index in [2.05, 4.69) is 10.1 Å². The van der Waals surface area contributed by atoms with Crippen LogP contribution in [-0.4, -0.2) is 42.1 Å². The molecular weight excluding hydrogens is 420 g/mol.